The molecule has 1 spiro atoms. The Labute approximate surface area is 343 Å². The molecule has 0 bridgehead atoms. The van der Waals surface area contributed by atoms with E-state index in [1.807, 2.05) is 131 Å². The van der Waals surface area contributed by atoms with Crippen LogP contribution in [-0.4, -0.2) is 63.7 Å². The number of carbonyl (C=O) groups excluding carboxylic acids is 1. The topological polar surface area (TPSA) is 127 Å². The van der Waals surface area contributed by atoms with Crippen LogP contribution >= 0.6 is 0 Å². The first-order chi connectivity index (χ1) is 28.6. The van der Waals surface area contributed by atoms with E-state index in [9.17, 15) is 9.90 Å². The van der Waals surface area contributed by atoms with Crippen LogP contribution in [-0.2, 0) is 28.2 Å². The molecule has 5 aromatic carbocycles. The lowest BCUT2D eigenvalue weighted by Gasteiger charge is -2.37. The minimum atomic E-state index is -2.38. The number of carbonyl (C=O) groups is 1. The van der Waals surface area contributed by atoms with Gasteiger partial charge in [-0.25, -0.2) is 4.68 Å². The summed E-state index contributed by atoms with van der Waals surface area (Å²) >= 11 is 0. The molecule has 12 heteroatoms. The van der Waals surface area contributed by atoms with Crippen molar-refractivity contribution < 1.29 is 19.4 Å². The molecule has 59 heavy (non-hydrogen) atoms. The van der Waals surface area contributed by atoms with Crippen molar-refractivity contribution in [2.24, 2.45) is 5.92 Å². The van der Waals surface area contributed by atoms with Crippen LogP contribution in [0.25, 0.3) is 16.6 Å². The van der Waals surface area contributed by atoms with Gasteiger partial charge < -0.3 is 19.5 Å². The van der Waals surface area contributed by atoms with Crippen LogP contribution in [0.1, 0.15) is 41.6 Å². The van der Waals surface area contributed by atoms with E-state index >= 15 is 4.79 Å². The summed E-state index contributed by atoms with van der Waals surface area (Å²) in [5.41, 5.74) is 4.44. The Balaban J connectivity index is 1.06. The molecule has 1 saturated heterocycles. The normalized spacial score (nSPS) is 20.7. The Morgan fingerprint density at radius 3 is 2.42 bits per heavy atom. The van der Waals surface area contributed by atoms with Gasteiger partial charge in [0.05, 0.1) is 68.3 Å². The van der Waals surface area contributed by atoms with Crippen LogP contribution in [0.4, 0.5) is 5.69 Å². The number of fused-ring (bicyclic) bond motifs is 3. The summed E-state index contributed by atoms with van der Waals surface area (Å²) in [7, 11) is -0.704. The SMILES string of the molecule is COc1ccc([Si](C)(C)[C@@H]2[C@@H](CCn3cc(C(CO)c4ccccc4)nn3)O[C@]3(C(=O)N(Cc4cccc(-n5[nH]c6ccccc6c5=O)c4)c4ccccc43)[C@H]2C)cc1. The second kappa shape index (κ2) is 15.3. The largest absolute Gasteiger partial charge is 0.497 e. The van der Waals surface area contributed by atoms with Crippen LogP contribution in [0.2, 0.25) is 18.6 Å². The Hall–Kier alpha value is -6.08. The van der Waals surface area contributed by atoms with Gasteiger partial charge in [0.25, 0.3) is 11.5 Å². The number of anilines is 1. The number of ether oxygens (including phenoxy) is 2. The second-order valence-corrected chi connectivity index (χ2v) is 21.1. The van der Waals surface area contributed by atoms with E-state index < -0.39 is 13.7 Å². The van der Waals surface area contributed by atoms with Gasteiger partial charge in [0, 0.05) is 24.2 Å². The van der Waals surface area contributed by atoms with Crippen molar-refractivity contribution >= 4 is 35.8 Å². The molecule has 1 unspecified atom stereocenters. The lowest BCUT2D eigenvalue weighted by atomic mass is 9.82. The summed E-state index contributed by atoms with van der Waals surface area (Å²) in [6, 6.07) is 41.5. The number of para-hydroxylation sites is 2. The third kappa shape index (κ3) is 6.51. The number of aromatic nitrogens is 5. The van der Waals surface area contributed by atoms with Gasteiger partial charge in [0.2, 0.25) is 0 Å². The number of aliphatic hydroxyl groups excluding tert-OH is 1. The molecule has 2 aliphatic heterocycles. The van der Waals surface area contributed by atoms with E-state index in [-0.39, 0.29) is 41.6 Å². The molecule has 2 N–H and O–H groups in total. The van der Waals surface area contributed by atoms with Gasteiger partial charge in [0.15, 0.2) is 5.60 Å². The predicted molar refractivity (Wildman–Crippen MR) is 231 cm³/mol. The molecule has 7 aromatic rings. The van der Waals surface area contributed by atoms with Gasteiger partial charge in [-0.1, -0.05) is 115 Å². The molecular formula is C47H48N6O5Si. The van der Waals surface area contributed by atoms with Crippen LogP contribution in [0.5, 0.6) is 5.75 Å². The fourth-order valence-corrected chi connectivity index (χ4v) is 13.9. The summed E-state index contributed by atoms with van der Waals surface area (Å²) in [5.74, 6) is 0.264. The summed E-state index contributed by atoms with van der Waals surface area (Å²) in [6.07, 6.45) is 2.25. The van der Waals surface area contributed by atoms with Crippen LogP contribution < -0.4 is 20.4 Å². The summed E-state index contributed by atoms with van der Waals surface area (Å²) in [6.45, 7) is 7.71. The highest BCUT2D eigenvalue weighted by atomic mass is 28.3. The lowest BCUT2D eigenvalue weighted by Crippen LogP contribution is -2.51. The zero-order chi connectivity index (χ0) is 40.9. The zero-order valence-corrected chi connectivity index (χ0v) is 34.7. The first-order valence-corrected chi connectivity index (χ1v) is 23.3. The highest BCUT2D eigenvalue weighted by Gasteiger charge is 2.66. The minimum Gasteiger partial charge on any atom is -0.497 e. The Kier molecular flexibility index (Phi) is 9.94. The predicted octanol–water partition coefficient (Wildman–Crippen LogP) is 6.90. The maximum Gasteiger partial charge on any atom is 0.279 e. The van der Waals surface area contributed by atoms with E-state index in [2.05, 4.69) is 47.6 Å². The number of methoxy groups -OCH3 is 1. The maximum atomic E-state index is 15.4. The molecule has 2 aromatic heterocycles. The molecule has 5 atom stereocenters. The number of aromatic amines is 1. The fraction of sp³-hybridized carbons (Fsp3) is 0.277. The summed E-state index contributed by atoms with van der Waals surface area (Å²) in [5, 5.41) is 24.4. The molecule has 0 saturated carbocycles. The first kappa shape index (κ1) is 38.4. The zero-order valence-electron chi connectivity index (χ0n) is 33.7. The van der Waals surface area contributed by atoms with Crippen molar-refractivity contribution in [2.75, 3.05) is 18.6 Å². The van der Waals surface area contributed by atoms with Crippen molar-refractivity contribution in [3.8, 4) is 11.4 Å². The number of benzene rings is 5. The second-order valence-electron chi connectivity index (χ2n) is 16.4. The van der Waals surface area contributed by atoms with Gasteiger partial charge in [0.1, 0.15) is 5.75 Å². The number of nitrogens with zero attached hydrogens (tertiary/aromatic N) is 5. The number of hydrogen-bond acceptors (Lipinski definition) is 7. The van der Waals surface area contributed by atoms with Gasteiger partial charge in [-0.2, -0.15) is 0 Å². The highest BCUT2D eigenvalue weighted by Crippen LogP contribution is 2.60. The molecule has 1 fully saturated rings. The van der Waals surface area contributed by atoms with E-state index in [1.165, 1.54) is 5.19 Å². The lowest BCUT2D eigenvalue weighted by molar-refractivity contribution is -0.146. The van der Waals surface area contributed by atoms with Gasteiger partial charge in [-0.05, 0) is 65.6 Å². The third-order valence-electron chi connectivity index (χ3n) is 12.8. The van der Waals surface area contributed by atoms with Gasteiger partial charge in [-0.15, -0.1) is 5.10 Å². The number of aryl methyl sites for hydroxylation is 1. The fourth-order valence-electron chi connectivity index (χ4n) is 9.81. The van der Waals surface area contributed by atoms with Gasteiger partial charge >= 0.3 is 0 Å². The van der Waals surface area contributed by atoms with Crippen LogP contribution in [0.3, 0.4) is 0 Å². The summed E-state index contributed by atoms with van der Waals surface area (Å²) in [4.78, 5) is 30.6. The van der Waals surface area contributed by atoms with Crippen molar-refractivity contribution in [2.45, 2.75) is 62.7 Å². The Morgan fingerprint density at radius 1 is 0.915 bits per heavy atom. The number of amides is 1. The first-order valence-electron chi connectivity index (χ1n) is 20.2. The molecular weight excluding hydrogens is 757 g/mol. The van der Waals surface area contributed by atoms with E-state index in [4.69, 9.17) is 9.47 Å². The molecule has 300 valence electrons. The van der Waals surface area contributed by atoms with Crippen LogP contribution in [0, 0.1) is 5.92 Å². The van der Waals surface area contributed by atoms with Crippen molar-refractivity contribution in [1.82, 2.24) is 24.8 Å². The van der Waals surface area contributed by atoms with Crippen molar-refractivity contribution in [3.05, 3.63) is 166 Å². The Bertz CT molecular complexity index is 2690. The Morgan fingerprint density at radius 2 is 1.66 bits per heavy atom. The van der Waals surface area contributed by atoms with E-state index in [0.717, 1.165) is 33.6 Å². The minimum absolute atomic E-state index is 0.0440. The number of aliphatic hydroxyl groups is 1. The molecule has 0 aliphatic carbocycles. The average molecular weight is 805 g/mol. The van der Waals surface area contributed by atoms with Crippen molar-refractivity contribution in [3.63, 3.8) is 0 Å². The molecule has 9 rings (SSSR count). The van der Waals surface area contributed by atoms with Gasteiger partial charge in [-0.3, -0.25) is 19.4 Å². The van der Waals surface area contributed by atoms with E-state index in [1.54, 1.807) is 11.8 Å². The molecule has 1 amide bonds. The van der Waals surface area contributed by atoms with E-state index in [0.29, 0.717) is 36.3 Å². The molecule has 4 heterocycles. The average Bonchev–Trinajstić information content (AvgIpc) is 4.01. The smallest absolute Gasteiger partial charge is 0.279 e. The maximum absolute atomic E-state index is 15.4. The highest BCUT2D eigenvalue weighted by molar-refractivity contribution is 6.91. The standard InChI is InChI=1S/C47H48N6O5Si/c1-31-44(59(3,4)36-23-21-35(57-2)22-24-36)43(25-26-51-29-41(48-50-51)38(30-54)33-14-6-5-7-15-33)58-47(31)39-18-9-11-20-42(39)52(46(47)56)28-32-13-12-16-34(27-32)53-45(55)37-17-8-10-19-40(37)49-53/h5-24,27,29,31,38,43-44,49,54H,25-26,28,30H2,1-4H3/t31-,38?,43+,44-,47+/m0/s1. The summed E-state index contributed by atoms with van der Waals surface area (Å²) < 4.78 is 16.3. The number of nitrogens with one attached hydrogen (secondary N) is 1. The number of hydrogen-bond donors (Lipinski definition) is 2. The molecule has 11 nitrogen and oxygen atoms in total. The van der Waals surface area contributed by atoms with Crippen molar-refractivity contribution in [1.29, 1.82) is 0 Å². The number of rotatable bonds is 12. The van der Waals surface area contributed by atoms with Crippen LogP contribution in [0.15, 0.2) is 138 Å². The quantitative estimate of drug-likeness (QED) is 0.129. The number of H-pyrrole nitrogens is 1. The molecule has 2 aliphatic rings. The monoisotopic (exact) mass is 804 g/mol. The third-order valence-corrected chi connectivity index (χ3v) is 17.1. The molecule has 0 radical (unpaired) electrons.